The van der Waals surface area contributed by atoms with E-state index in [4.69, 9.17) is 11.5 Å². The molecule has 0 heterocycles. The summed E-state index contributed by atoms with van der Waals surface area (Å²) in [5.74, 6) is -17.5. The Bertz CT molecular complexity index is 471. The van der Waals surface area contributed by atoms with Gasteiger partial charge in [-0.15, -0.1) is 0 Å². The third kappa shape index (κ3) is 4.86. The zero-order chi connectivity index (χ0) is 17.8. The van der Waals surface area contributed by atoms with Gasteiger partial charge in [0.1, 0.15) is 0 Å². The van der Waals surface area contributed by atoms with Crippen molar-refractivity contribution < 1.29 is 27.6 Å². The van der Waals surface area contributed by atoms with Gasteiger partial charge in [0.15, 0.2) is 0 Å². The average molecular weight is 380 g/mol. The summed E-state index contributed by atoms with van der Waals surface area (Å²) in [5.41, 5.74) is 9.59. The molecule has 0 radical (unpaired) electrons. The molecule has 0 aromatic heterocycles. The van der Waals surface area contributed by atoms with Crippen LogP contribution in [0.3, 0.4) is 0 Å². The van der Waals surface area contributed by atoms with Gasteiger partial charge in [0.25, 0.3) is 29.3 Å². The Morgan fingerprint density at radius 2 is 1.27 bits per heavy atom. The van der Waals surface area contributed by atoms with E-state index in [2.05, 4.69) is 37.9 Å². The largest absolute Gasteiger partial charge is 0.365 e. The second-order valence-corrected chi connectivity index (χ2v) is 5.16. The number of nitrogens with one attached hydrogen (secondary N) is 2. The minimum absolute atomic E-state index is 0.811. The third-order valence-corrected chi connectivity index (χ3v) is 3.75. The predicted molar refractivity (Wildman–Crippen MR) is 82.7 cm³/mol. The first-order chi connectivity index (χ1) is 9.88. The van der Waals surface area contributed by atoms with Crippen LogP contribution < -0.4 is 22.1 Å². The van der Waals surface area contributed by atoms with Crippen molar-refractivity contribution >= 4 is 55.6 Å². The van der Waals surface area contributed by atoms with E-state index in [1.807, 2.05) is 0 Å². The van der Waals surface area contributed by atoms with E-state index in [0.29, 0.717) is 0 Å². The molecule has 0 aliphatic rings. The second-order valence-electron chi connectivity index (χ2n) is 4.21. The van der Waals surface area contributed by atoms with Crippen molar-refractivity contribution in [2.75, 3.05) is 17.3 Å². The van der Waals surface area contributed by atoms with E-state index in [-0.39, 0.29) is 0 Å². The zero-order valence-electron chi connectivity index (χ0n) is 11.0. The van der Waals surface area contributed by atoms with Gasteiger partial charge in [-0.05, 0) is 0 Å². The number of halogens is 3. The van der Waals surface area contributed by atoms with Crippen LogP contribution >= 0.6 is 37.9 Å². The number of nitrogens with two attached hydrogens (primary N) is 2. The van der Waals surface area contributed by atoms with Gasteiger partial charge < -0.3 is 16.4 Å². The second kappa shape index (κ2) is 7.66. The number of hydrogen-bond acceptors (Lipinski definition) is 7. The fourth-order valence-electron chi connectivity index (χ4n) is 0.982. The molecule has 22 heavy (non-hydrogen) atoms. The van der Waals surface area contributed by atoms with Gasteiger partial charge in [0.2, 0.25) is 5.79 Å². The Morgan fingerprint density at radius 1 is 0.864 bits per heavy atom. The first-order valence-electron chi connectivity index (χ1n) is 5.52. The van der Waals surface area contributed by atoms with Gasteiger partial charge in [-0.1, -0.05) is 0 Å². The SMILES string of the molecule is NC(=O)C(F)(CS)NC(=O)C(F)(CS)NC(=O)C(N)(F)CS. The number of alkyl halides is 3. The number of carbonyl (C=O) groups excluding carboxylic acids is 3. The Kier molecular flexibility index (Phi) is 7.38. The lowest BCUT2D eigenvalue weighted by molar-refractivity contribution is -0.149. The van der Waals surface area contributed by atoms with Gasteiger partial charge in [0, 0.05) is 5.75 Å². The summed E-state index contributed by atoms with van der Waals surface area (Å²) in [6.07, 6.45) is 0. The number of rotatable bonds is 8. The van der Waals surface area contributed by atoms with Crippen molar-refractivity contribution in [2.24, 2.45) is 11.5 Å². The van der Waals surface area contributed by atoms with E-state index in [1.165, 1.54) is 10.6 Å². The van der Waals surface area contributed by atoms with Gasteiger partial charge in [-0.2, -0.15) is 37.9 Å². The van der Waals surface area contributed by atoms with Crippen LogP contribution in [0.15, 0.2) is 0 Å². The molecule has 0 fully saturated rings. The molecule has 3 amide bonds. The van der Waals surface area contributed by atoms with Crippen LogP contribution in [0.5, 0.6) is 0 Å². The molecule has 0 aliphatic carbocycles. The summed E-state index contributed by atoms with van der Waals surface area (Å²) < 4.78 is 41.7. The highest BCUT2D eigenvalue weighted by atomic mass is 32.1. The van der Waals surface area contributed by atoms with Crippen LogP contribution in [-0.4, -0.2) is 52.4 Å². The summed E-state index contributed by atoms with van der Waals surface area (Å²) >= 11 is 10.4. The molecule has 0 aliphatic heterocycles. The minimum Gasteiger partial charge on any atom is -0.365 e. The molecule has 0 aromatic rings. The van der Waals surface area contributed by atoms with Gasteiger partial charge in [-0.3, -0.25) is 20.1 Å². The number of carbonyl (C=O) groups is 3. The van der Waals surface area contributed by atoms with Gasteiger partial charge in [-0.25, -0.2) is 13.2 Å². The maximum Gasteiger partial charge on any atom is 0.282 e. The molecule has 7 nitrogen and oxygen atoms in total. The van der Waals surface area contributed by atoms with Gasteiger partial charge >= 0.3 is 0 Å². The normalized spacial score (nSPS) is 19.2. The summed E-state index contributed by atoms with van der Waals surface area (Å²) in [4.78, 5) is 34.0. The van der Waals surface area contributed by atoms with Crippen LogP contribution in [-0.2, 0) is 14.4 Å². The minimum atomic E-state index is -3.35. The first-order valence-corrected chi connectivity index (χ1v) is 7.41. The highest BCUT2D eigenvalue weighted by molar-refractivity contribution is 7.80. The highest BCUT2D eigenvalue weighted by Crippen LogP contribution is 2.17. The van der Waals surface area contributed by atoms with Crippen LogP contribution in [0.2, 0.25) is 0 Å². The van der Waals surface area contributed by atoms with E-state index in [1.54, 1.807) is 0 Å². The fraction of sp³-hybridized carbons (Fsp3) is 0.667. The lowest BCUT2D eigenvalue weighted by atomic mass is 10.2. The van der Waals surface area contributed by atoms with Crippen LogP contribution in [0, 0.1) is 0 Å². The van der Waals surface area contributed by atoms with E-state index in [0.717, 1.165) is 0 Å². The van der Waals surface area contributed by atoms with Crippen molar-refractivity contribution in [1.82, 2.24) is 10.6 Å². The molecular weight excluding hydrogens is 365 g/mol. The number of primary amides is 1. The smallest absolute Gasteiger partial charge is 0.282 e. The highest BCUT2D eigenvalue weighted by Gasteiger charge is 2.48. The molecule has 3 atom stereocenters. The molecule has 3 unspecified atom stereocenters. The van der Waals surface area contributed by atoms with Crippen molar-refractivity contribution in [3.05, 3.63) is 0 Å². The Balaban J connectivity index is 5.27. The Hall–Kier alpha value is -0.790. The summed E-state index contributed by atoms with van der Waals surface area (Å²) in [5, 5.41) is 2.66. The summed E-state index contributed by atoms with van der Waals surface area (Å²) in [6, 6.07) is 0. The number of thiol groups is 3. The van der Waals surface area contributed by atoms with Crippen LogP contribution in [0.25, 0.3) is 0 Å². The first kappa shape index (κ1) is 21.2. The molecule has 13 heteroatoms. The van der Waals surface area contributed by atoms with E-state index >= 15 is 0 Å². The fourth-order valence-corrected chi connectivity index (χ4v) is 1.58. The summed E-state index contributed by atoms with van der Waals surface area (Å²) in [7, 11) is 0. The van der Waals surface area contributed by atoms with Crippen molar-refractivity contribution in [1.29, 1.82) is 0 Å². The molecule has 0 aromatic carbocycles. The number of amides is 3. The maximum absolute atomic E-state index is 14.4. The maximum atomic E-state index is 14.4. The lowest BCUT2D eigenvalue weighted by Crippen LogP contribution is -2.67. The molecule has 0 bridgehead atoms. The monoisotopic (exact) mass is 380 g/mol. The molecule has 0 rings (SSSR count). The Labute approximate surface area is 140 Å². The van der Waals surface area contributed by atoms with Crippen molar-refractivity contribution in [3.8, 4) is 0 Å². The predicted octanol–water partition coefficient (Wildman–Crippen LogP) is -1.55. The quantitative estimate of drug-likeness (QED) is 0.203. The lowest BCUT2D eigenvalue weighted by Gasteiger charge is -2.30. The molecule has 0 spiro atoms. The Morgan fingerprint density at radius 3 is 1.59 bits per heavy atom. The molecule has 128 valence electrons. The van der Waals surface area contributed by atoms with Crippen molar-refractivity contribution in [3.63, 3.8) is 0 Å². The molecule has 0 saturated carbocycles. The van der Waals surface area contributed by atoms with E-state index < -0.39 is 52.4 Å². The summed E-state index contributed by atoms with van der Waals surface area (Å²) in [6.45, 7) is 0. The molecular formula is C9H15F3N4O3S3. The third-order valence-electron chi connectivity index (χ3n) is 2.42. The van der Waals surface area contributed by atoms with Crippen LogP contribution in [0.1, 0.15) is 0 Å². The molecule has 0 saturated heterocycles. The number of hydrogen-bond donors (Lipinski definition) is 7. The molecule has 6 N–H and O–H groups in total. The average Bonchev–Trinajstić information content (AvgIpc) is 2.46. The zero-order valence-corrected chi connectivity index (χ0v) is 13.7. The van der Waals surface area contributed by atoms with Crippen molar-refractivity contribution in [2.45, 2.75) is 17.4 Å². The van der Waals surface area contributed by atoms with Crippen LogP contribution in [0.4, 0.5) is 13.2 Å². The van der Waals surface area contributed by atoms with E-state index in [9.17, 15) is 27.6 Å². The topological polar surface area (TPSA) is 127 Å². The van der Waals surface area contributed by atoms with Gasteiger partial charge in [0.05, 0.1) is 11.5 Å². The standard InChI is InChI=1S/C9H15F3N4O3S3/c10-7(14,1-20)5(18)15-9(12,3-22)6(19)16-8(11,2-21)4(13)17/h20-22H,1-3,14H2,(H2,13,17)(H,15,18)(H,16,19).